The maximum Gasteiger partial charge on any atom is 0.408 e. The number of hydrogen-bond donors (Lipinski definition) is 3. The van der Waals surface area contributed by atoms with Gasteiger partial charge in [-0.3, -0.25) is 9.59 Å². The Labute approximate surface area is 132 Å². The van der Waals surface area contributed by atoms with Crippen LogP contribution in [0.2, 0.25) is 0 Å². The third kappa shape index (κ3) is 10.1. The number of carbonyl (C=O) groups is 4. The molecule has 0 heterocycles. The topological polar surface area (TPSA) is 114 Å². The summed E-state index contributed by atoms with van der Waals surface area (Å²) in [6, 6.07) is -0.817. The van der Waals surface area contributed by atoms with E-state index in [1.54, 1.807) is 20.8 Å². The van der Waals surface area contributed by atoms with E-state index in [1.807, 2.05) is 0 Å². The highest BCUT2D eigenvalue weighted by Gasteiger charge is 2.23. The molecular formula is C13H24N3O5P. The minimum atomic E-state index is -0.817. The Morgan fingerprint density at radius 2 is 1.86 bits per heavy atom. The molecule has 1 unspecified atom stereocenters. The maximum atomic E-state index is 11.9. The van der Waals surface area contributed by atoms with E-state index in [4.69, 9.17) is 4.74 Å². The fourth-order valence-corrected chi connectivity index (χ4v) is 1.64. The van der Waals surface area contributed by atoms with Crippen molar-refractivity contribution in [1.29, 1.82) is 0 Å². The summed E-state index contributed by atoms with van der Waals surface area (Å²) in [6.07, 6.45) is 0.477. The van der Waals surface area contributed by atoms with Gasteiger partial charge in [-0.15, -0.1) is 9.24 Å². The molecule has 0 bridgehead atoms. The molecule has 0 aliphatic rings. The highest BCUT2D eigenvalue weighted by molar-refractivity contribution is 7.16. The van der Waals surface area contributed by atoms with Gasteiger partial charge in [-0.2, -0.15) is 0 Å². The Kier molecular flexibility index (Phi) is 9.33. The van der Waals surface area contributed by atoms with Crippen molar-refractivity contribution in [2.45, 2.75) is 38.8 Å². The van der Waals surface area contributed by atoms with E-state index in [9.17, 15) is 19.2 Å². The predicted molar refractivity (Wildman–Crippen MR) is 84.4 cm³/mol. The number of aldehydes is 1. The molecule has 0 aliphatic carbocycles. The van der Waals surface area contributed by atoms with Crippen LogP contribution < -0.4 is 16.0 Å². The Morgan fingerprint density at radius 3 is 2.36 bits per heavy atom. The number of carbonyl (C=O) groups excluding carboxylic acids is 4. The highest BCUT2D eigenvalue weighted by Crippen LogP contribution is 2.07. The summed E-state index contributed by atoms with van der Waals surface area (Å²) in [7, 11) is 2.34. The number of hydrogen-bond acceptors (Lipinski definition) is 5. The first-order valence-electron chi connectivity index (χ1n) is 6.87. The molecule has 0 fully saturated rings. The molecule has 0 aliphatic heterocycles. The van der Waals surface area contributed by atoms with Crippen molar-refractivity contribution < 1.29 is 23.9 Å². The molecule has 0 saturated heterocycles. The molecule has 0 spiro atoms. The smallest absolute Gasteiger partial charge is 0.408 e. The summed E-state index contributed by atoms with van der Waals surface area (Å²) in [4.78, 5) is 45.0. The Balaban J connectivity index is 4.22. The first-order valence-corrected chi connectivity index (χ1v) is 7.69. The summed E-state index contributed by atoms with van der Waals surface area (Å²) >= 11 is 0. The molecule has 8 nitrogen and oxygen atoms in total. The van der Waals surface area contributed by atoms with Gasteiger partial charge in [0.2, 0.25) is 11.8 Å². The van der Waals surface area contributed by atoms with Crippen molar-refractivity contribution in [3.63, 3.8) is 0 Å². The molecule has 0 aromatic carbocycles. The molecule has 22 heavy (non-hydrogen) atoms. The van der Waals surface area contributed by atoms with E-state index in [-0.39, 0.29) is 25.7 Å². The van der Waals surface area contributed by atoms with E-state index < -0.39 is 29.6 Å². The second-order valence-electron chi connectivity index (χ2n) is 5.46. The lowest BCUT2D eigenvalue weighted by Crippen LogP contribution is -2.50. The van der Waals surface area contributed by atoms with Crippen LogP contribution in [0.15, 0.2) is 0 Å². The van der Waals surface area contributed by atoms with Crippen molar-refractivity contribution in [2.75, 3.05) is 19.3 Å². The minimum Gasteiger partial charge on any atom is -0.444 e. The maximum absolute atomic E-state index is 11.9. The number of alkyl carbamates (subject to hydrolysis) is 1. The lowest BCUT2D eigenvalue weighted by atomic mass is 10.2. The molecule has 2 atom stereocenters. The largest absolute Gasteiger partial charge is 0.444 e. The average Bonchev–Trinajstić information content (AvgIpc) is 2.40. The van der Waals surface area contributed by atoms with Gasteiger partial charge in [-0.25, -0.2) is 4.79 Å². The van der Waals surface area contributed by atoms with Crippen LogP contribution in [0.3, 0.4) is 0 Å². The summed E-state index contributed by atoms with van der Waals surface area (Å²) in [5.41, 5.74) is -0.662. The van der Waals surface area contributed by atoms with E-state index in [2.05, 4.69) is 25.2 Å². The van der Waals surface area contributed by atoms with Crippen LogP contribution in [0.5, 0.6) is 0 Å². The molecule has 0 aromatic heterocycles. The zero-order chi connectivity index (χ0) is 17.2. The fourth-order valence-electron chi connectivity index (χ4n) is 1.30. The Bertz CT molecular complexity index is 409. The molecule has 0 saturated carbocycles. The van der Waals surface area contributed by atoms with Gasteiger partial charge in [0.05, 0.1) is 6.54 Å². The molecular weight excluding hydrogens is 309 g/mol. The standard InChI is InChI=1S/C13H24N3O5P/c1-13(2,3)21-12(20)16-9(8-22)11(19)15-7-10(18)14-5-4-6-17/h6,9H,4-5,7-8,22H2,1-3H3,(H,14,18)(H,15,19)(H,16,20)/t9-/m0/s1. The number of amides is 3. The third-order valence-corrected chi connectivity index (χ3v) is 2.72. The third-order valence-electron chi connectivity index (χ3n) is 2.25. The van der Waals surface area contributed by atoms with Gasteiger partial charge in [0, 0.05) is 13.0 Å². The quantitative estimate of drug-likeness (QED) is 0.317. The van der Waals surface area contributed by atoms with Gasteiger partial charge in [0.15, 0.2) is 0 Å². The second-order valence-corrected chi connectivity index (χ2v) is 5.93. The zero-order valence-electron chi connectivity index (χ0n) is 13.1. The average molecular weight is 333 g/mol. The van der Waals surface area contributed by atoms with Crippen molar-refractivity contribution in [1.82, 2.24) is 16.0 Å². The number of ether oxygens (including phenoxy) is 1. The molecule has 0 aromatic rings. The van der Waals surface area contributed by atoms with Crippen LogP contribution in [0, 0.1) is 0 Å². The first kappa shape index (κ1) is 20.3. The fraction of sp³-hybridized carbons (Fsp3) is 0.692. The van der Waals surface area contributed by atoms with Crippen LogP contribution in [-0.2, 0) is 19.1 Å². The molecule has 3 amide bonds. The van der Waals surface area contributed by atoms with Gasteiger partial charge in [-0.1, -0.05) is 0 Å². The van der Waals surface area contributed by atoms with Gasteiger partial charge in [-0.05, 0) is 26.9 Å². The minimum absolute atomic E-state index is 0.216. The monoisotopic (exact) mass is 333 g/mol. The summed E-state index contributed by atoms with van der Waals surface area (Å²) in [5.74, 6) is -0.902. The van der Waals surface area contributed by atoms with Crippen molar-refractivity contribution in [2.24, 2.45) is 0 Å². The van der Waals surface area contributed by atoms with Gasteiger partial charge in [0.1, 0.15) is 17.9 Å². The Morgan fingerprint density at radius 1 is 1.23 bits per heavy atom. The van der Waals surface area contributed by atoms with Crippen LogP contribution in [0.4, 0.5) is 4.79 Å². The molecule has 126 valence electrons. The first-order chi connectivity index (χ1) is 10.2. The van der Waals surface area contributed by atoms with Crippen molar-refractivity contribution >= 4 is 33.4 Å². The van der Waals surface area contributed by atoms with Crippen molar-refractivity contribution in [3.05, 3.63) is 0 Å². The van der Waals surface area contributed by atoms with Gasteiger partial charge >= 0.3 is 6.09 Å². The van der Waals surface area contributed by atoms with E-state index in [0.29, 0.717) is 6.29 Å². The van der Waals surface area contributed by atoms with E-state index >= 15 is 0 Å². The molecule has 9 heteroatoms. The van der Waals surface area contributed by atoms with E-state index in [1.165, 1.54) is 0 Å². The van der Waals surface area contributed by atoms with Crippen LogP contribution in [0.25, 0.3) is 0 Å². The number of nitrogens with one attached hydrogen (secondary N) is 3. The molecule has 0 radical (unpaired) electrons. The van der Waals surface area contributed by atoms with Crippen LogP contribution in [-0.4, -0.2) is 55.1 Å². The predicted octanol–water partition coefficient (Wildman–Crippen LogP) is -0.424. The lowest BCUT2D eigenvalue weighted by molar-refractivity contribution is -0.127. The van der Waals surface area contributed by atoms with Crippen molar-refractivity contribution in [3.8, 4) is 0 Å². The molecule has 3 N–H and O–H groups in total. The molecule has 0 rings (SSSR count). The van der Waals surface area contributed by atoms with Gasteiger partial charge < -0.3 is 25.5 Å². The lowest BCUT2D eigenvalue weighted by Gasteiger charge is -2.22. The zero-order valence-corrected chi connectivity index (χ0v) is 14.3. The number of rotatable bonds is 8. The Hall–Kier alpha value is -1.69. The van der Waals surface area contributed by atoms with Crippen LogP contribution in [0.1, 0.15) is 27.2 Å². The highest BCUT2D eigenvalue weighted by atomic mass is 31.0. The van der Waals surface area contributed by atoms with E-state index in [0.717, 1.165) is 0 Å². The summed E-state index contributed by atoms with van der Waals surface area (Å²) < 4.78 is 5.06. The second kappa shape index (κ2) is 10.1. The SMILES string of the molecule is CC(C)(C)OC(=O)N[C@@H](CP)C(=O)NCC(=O)NCCC=O. The normalized spacial score (nSPS) is 12.0. The van der Waals surface area contributed by atoms with Crippen LogP contribution >= 0.6 is 9.24 Å². The summed E-state index contributed by atoms with van der Waals surface area (Å²) in [5, 5.41) is 7.30. The summed E-state index contributed by atoms with van der Waals surface area (Å²) in [6.45, 7) is 5.14. The van der Waals surface area contributed by atoms with Gasteiger partial charge in [0.25, 0.3) is 0 Å².